The fraction of sp³-hybridized carbons (Fsp3) is 0.233. The van der Waals surface area contributed by atoms with Gasteiger partial charge in [-0.25, -0.2) is 0 Å². The van der Waals surface area contributed by atoms with Crippen molar-refractivity contribution in [1.29, 1.82) is 0 Å². The highest BCUT2D eigenvalue weighted by Crippen LogP contribution is 2.38. The Labute approximate surface area is 209 Å². The predicted octanol–water partition coefficient (Wildman–Crippen LogP) is 7.14. The Kier molecular flexibility index (Phi) is 11.0. The number of allylic oxidation sites excluding steroid dienone is 3. The summed E-state index contributed by atoms with van der Waals surface area (Å²) < 4.78 is 0. The first-order valence-electron chi connectivity index (χ1n) is 11.6. The van der Waals surface area contributed by atoms with Gasteiger partial charge in [0, 0.05) is 17.1 Å². The van der Waals surface area contributed by atoms with Gasteiger partial charge in [-0.3, -0.25) is 9.69 Å². The number of hydrogen-bond acceptors (Lipinski definition) is 3. The topological polar surface area (TPSA) is 40.5 Å². The number of rotatable bonds is 9. The lowest BCUT2D eigenvalue weighted by Crippen LogP contribution is -2.48. The van der Waals surface area contributed by atoms with Gasteiger partial charge in [-0.05, 0) is 48.4 Å². The molecule has 0 saturated heterocycles. The van der Waals surface area contributed by atoms with Crippen LogP contribution < -0.4 is 0 Å². The van der Waals surface area contributed by atoms with E-state index in [9.17, 15) is 9.90 Å². The molecule has 0 aromatic heterocycles. The number of carbonyl (C=O) groups is 1. The molecule has 3 aromatic rings. The van der Waals surface area contributed by atoms with Gasteiger partial charge in [-0.2, -0.15) is 0 Å². The number of benzene rings is 3. The Hall–Kier alpha value is -2.98. The van der Waals surface area contributed by atoms with Crippen molar-refractivity contribution in [2.75, 3.05) is 13.7 Å². The Morgan fingerprint density at radius 2 is 1.68 bits per heavy atom. The fourth-order valence-corrected chi connectivity index (χ4v) is 4.19. The summed E-state index contributed by atoms with van der Waals surface area (Å²) in [6.07, 6.45) is 8.89. The molecule has 4 heteroatoms. The first kappa shape index (κ1) is 27.3. The third-order valence-electron chi connectivity index (χ3n) is 5.70. The van der Waals surface area contributed by atoms with Gasteiger partial charge in [-0.15, -0.1) is 0 Å². The molecule has 1 unspecified atom stereocenters. The van der Waals surface area contributed by atoms with Gasteiger partial charge in [-0.1, -0.05) is 110 Å². The predicted molar refractivity (Wildman–Crippen MR) is 144 cm³/mol. The third-order valence-corrected chi connectivity index (χ3v) is 5.95. The lowest BCUT2D eigenvalue weighted by Gasteiger charge is -2.42. The van der Waals surface area contributed by atoms with Crippen LogP contribution in [0.2, 0.25) is 5.02 Å². The molecule has 0 aliphatic carbocycles. The summed E-state index contributed by atoms with van der Waals surface area (Å²) in [6, 6.07) is 23.1. The van der Waals surface area contributed by atoms with Crippen LogP contribution in [0.4, 0.5) is 0 Å². The summed E-state index contributed by atoms with van der Waals surface area (Å²) in [4.78, 5) is 14.0. The van der Waals surface area contributed by atoms with Gasteiger partial charge in [0.05, 0.1) is 12.1 Å². The molecular weight excluding hydrogens is 442 g/mol. The van der Waals surface area contributed by atoms with Crippen molar-refractivity contribution in [2.24, 2.45) is 0 Å². The Balaban J connectivity index is 0.00000199. The average molecular weight is 476 g/mol. The van der Waals surface area contributed by atoms with Crippen LogP contribution in [-0.2, 0) is 12.1 Å². The van der Waals surface area contributed by atoms with Crippen LogP contribution >= 0.6 is 11.6 Å². The maximum Gasteiger partial charge on any atom is 0.150 e. The van der Waals surface area contributed by atoms with E-state index in [0.717, 1.165) is 28.5 Å². The molecule has 178 valence electrons. The van der Waals surface area contributed by atoms with Crippen molar-refractivity contribution < 1.29 is 9.90 Å². The van der Waals surface area contributed by atoms with E-state index in [1.165, 1.54) is 0 Å². The van der Waals surface area contributed by atoms with Crippen molar-refractivity contribution in [3.63, 3.8) is 0 Å². The van der Waals surface area contributed by atoms with Gasteiger partial charge in [0.15, 0.2) is 0 Å². The largest absolute Gasteiger partial charge is 0.394 e. The summed E-state index contributed by atoms with van der Waals surface area (Å²) in [6.45, 7) is 6.36. The second-order valence-electron chi connectivity index (χ2n) is 7.72. The Bertz CT molecular complexity index is 1100. The maximum atomic E-state index is 11.9. The zero-order valence-electron chi connectivity index (χ0n) is 20.4. The first-order valence-corrected chi connectivity index (χ1v) is 11.9. The maximum absolute atomic E-state index is 11.9. The van der Waals surface area contributed by atoms with E-state index in [-0.39, 0.29) is 6.61 Å². The van der Waals surface area contributed by atoms with Crippen LogP contribution in [-0.4, -0.2) is 29.9 Å². The lowest BCUT2D eigenvalue weighted by atomic mass is 9.79. The van der Waals surface area contributed by atoms with E-state index in [1.54, 1.807) is 6.07 Å². The van der Waals surface area contributed by atoms with Crippen LogP contribution in [0.25, 0.3) is 6.08 Å². The van der Waals surface area contributed by atoms with Crippen LogP contribution in [0.5, 0.6) is 0 Å². The standard InChI is InChI=1S/C28H28ClNO2.C2H6/c1-3-4-5-9-22-10-8-11-23(18-22)19-30(2)28(21-32,25-14-16-26(29)17-15-25)27-13-7-6-12-24(27)20-31;1-2/h3-18,20,32H,19,21H2,1-2H3;1-2H3/b4-3-,9-5-;. The zero-order chi connectivity index (χ0) is 25.0. The van der Waals surface area contributed by atoms with Crippen molar-refractivity contribution in [3.8, 4) is 0 Å². The van der Waals surface area contributed by atoms with Gasteiger partial charge >= 0.3 is 0 Å². The van der Waals surface area contributed by atoms with E-state index in [4.69, 9.17) is 11.6 Å². The van der Waals surface area contributed by atoms with E-state index in [0.29, 0.717) is 17.1 Å². The monoisotopic (exact) mass is 475 g/mol. The molecule has 0 radical (unpaired) electrons. The van der Waals surface area contributed by atoms with Gasteiger partial charge < -0.3 is 5.11 Å². The number of carbonyl (C=O) groups excluding carboxylic acids is 1. The molecule has 3 aromatic carbocycles. The quantitative estimate of drug-likeness (QED) is 0.264. The molecule has 0 spiro atoms. The van der Waals surface area contributed by atoms with Crippen molar-refractivity contribution >= 4 is 24.0 Å². The van der Waals surface area contributed by atoms with Crippen LogP contribution in [0.3, 0.4) is 0 Å². The molecule has 1 atom stereocenters. The van der Waals surface area contributed by atoms with E-state index >= 15 is 0 Å². The highest BCUT2D eigenvalue weighted by atomic mass is 35.5. The van der Waals surface area contributed by atoms with Gasteiger partial charge in [0.25, 0.3) is 0 Å². The summed E-state index contributed by atoms with van der Waals surface area (Å²) >= 11 is 6.14. The minimum atomic E-state index is -0.918. The molecule has 3 rings (SSSR count). The summed E-state index contributed by atoms with van der Waals surface area (Å²) in [5, 5.41) is 11.4. The molecule has 0 heterocycles. The minimum Gasteiger partial charge on any atom is -0.394 e. The number of likely N-dealkylation sites (N-methyl/N-ethyl adjacent to an activating group) is 1. The molecule has 0 aliphatic rings. The number of aldehydes is 1. The van der Waals surface area contributed by atoms with Crippen LogP contribution in [0.15, 0.2) is 91.0 Å². The minimum absolute atomic E-state index is 0.198. The second-order valence-corrected chi connectivity index (χ2v) is 8.15. The highest BCUT2D eigenvalue weighted by Gasteiger charge is 2.39. The average Bonchev–Trinajstić information content (AvgIpc) is 2.88. The van der Waals surface area contributed by atoms with E-state index in [2.05, 4.69) is 29.2 Å². The summed E-state index contributed by atoms with van der Waals surface area (Å²) in [5.41, 5.74) is 3.45. The molecule has 0 aliphatic heterocycles. The van der Waals surface area contributed by atoms with Crippen molar-refractivity contribution in [1.82, 2.24) is 4.90 Å². The molecule has 0 fully saturated rings. The first-order chi connectivity index (χ1) is 16.5. The van der Waals surface area contributed by atoms with E-state index in [1.807, 2.05) is 94.6 Å². The fourth-order valence-electron chi connectivity index (χ4n) is 4.06. The number of aliphatic hydroxyl groups excluding tert-OH is 1. The van der Waals surface area contributed by atoms with Gasteiger partial charge in [0.1, 0.15) is 6.29 Å². The molecular formula is C30H34ClNO2. The van der Waals surface area contributed by atoms with Crippen LogP contribution in [0, 0.1) is 0 Å². The SMILES string of the molecule is C/C=C\C=C/c1cccc(CN(C)C(CO)(c2ccc(Cl)cc2)c2ccccc2C=O)c1.CC. The van der Waals surface area contributed by atoms with Crippen LogP contribution in [0.1, 0.15) is 53.4 Å². The number of aliphatic hydroxyl groups is 1. The number of halogens is 1. The van der Waals surface area contributed by atoms with E-state index < -0.39 is 5.54 Å². The molecule has 34 heavy (non-hydrogen) atoms. The molecule has 0 bridgehead atoms. The smallest absolute Gasteiger partial charge is 0.150 e. The second kappa shape index (κ2) is 13.7. The highest BCUT2D eigenvalue weighted by molar-refractivity contribution is 6.30. The molecule has 3 nitrogen and oxygen atoms in total. The zero-order valence-corrected chi connectivity index (χ0v) is 21.2. The van der Waals surface area contributed by atoms with Gasteiger partial charge in [0.2, 0.25) is 0 Å². The Morgan fingerprint density at radius 1 is 0.971 bits per heavy atom. The lowest BCUT2D eigenvalue weighted by molar-refractivity contribution is 0.0727. The van der Waals surface area contributed by atoms with Crippen molar-refractivity contribution in [2.45, 2.75) is 32.9 Å². The number of hydrogen-bond donors (Lipinski definition) is 1. The molecule has 0 saturated carbocycles. The van der Waals surface area contributed by atoms with Crippen molar-refractivity contribution in [3.05, 3.63) is 124 Å². The third kappa shape index (κ3) is 6.32. The summed E-state index contributed by atoms with van der Waals surface area (Å²) in [7, 11) is 1.97. The summed E-state index contributed by atoms with van der Waals surface area (Å²) in [5.74, 6) is 0. The normalized spacial score (nSPS) is 13.0. The Morgan fingerprint density at radius 3 is 2.32 bits per heavy atom. The molecule has 0 amide bonds. The molecule has 1 N–H and O–H groups in total. The number of nitrogens with zero attached hydrogens (tertiary/aromatic N) is 1.